The Kier molecular flexibility index (Phi) is 9.58. The number of rotatable bonds is 10. The van der Waals surface area contributed by atoms with Gasteiger partial charge in [-0.3, -0.25) is 4.79 Å². The minimum absolute atomic E-state index is 0.0286. The summed E-state index contributed by atoms with van der Waals surface area (Å²) in [6, 6.07) is 11.3. The summed E-state index contributed by atoms with van der Waals surface area (Å²) in [6.45, 7) is 6.08. The summed E-state index contributed by atoms with van der Waals surface area (Å²) < 4.78 is 28.6. The zero-order chi connectivity index (χ0) is 29.0. The molecule has 0 fully saturated rings. The van der Waals surface area contributed by atoms with Gasteiger partial charge < -0.3 is 29.0 Å². The SMILES string of the molecule is COc1ccc(C2CC(=O)C3=C(C2)NC(C)=C(C(=O)OCCOC(C)C)C3c2cc(Br)ccc2OC)cc1OC. The Hall–Kier alpha value is -3.30. The molecule has 0 amide bonds. The number of dihydropyridines is 1. The van der Waals surface area contributed by atoms with Gasteiger partial charge in [0.05, 0.1) is 45.5 Å². The third-order valence-corrected chi connectivity index (χ3v) is 7.69. The smallest absolute Gasteiger partial charge is 0.336 e. The van der Waals surface area contributed by atoms with Crippen molar-refractivity contribution < 1.29 is 33.3 Å². The molecule has 1 aliphatic heterocycles. The highest BCUT2D eigenvalue weighted by Gasteiger charge is 2.42. The van der Waals surface area contributed by atoms with E-state index in [-0.39, 0.29) is 37.4 Å². The molecular formula is C31H36BrNO7. The summed E-state index contributed by atoms with van der Waals surface area (Å²) in [7, 11) is 4.77. The Morgan fingerprint density at radius 2 is 1.68 bits per heavy atom. The third kappa shape index (κ3) is 6.20. The largest absolute Gasteiger partial charge is 0.496 e. The van der Waals surface area contributed by atoms with Crippen LogP contribution in [0.2, 0.25) is 0 Å². The van der Waals surface area contributed by atoms with E-state index >= 15 is 0 Å². The van der Waals surface area contributed by atoms with Gasteiger partial charge >= 0.3 is 5.97 Å². The zero-order valence-corrected chi connectivity index (χ0v) is 25.3. The average molecular weight is 615 g/mol. The van der Waals surface area contributed by atoms with E-state index in [1.807, 2.05) is 57.2 Å². The maximum Gasteiger partial charge on any atom is 0.336 e. The number of allylic oxidation sites excluding steroid dienone is 3. The van der Waals surface area contributed by atoms with Crippen molar-refractivity contribution in [1.82, 2.24) is 5.32 Å². The van der Waals surface area contributed by atoms with Crippen molar-refractivity contribution in [3.8, 4) is 17.2 Å². The highest BCUT2D eigenvalue weighted by Crippen LogP contribution is 2.48. The fourth-order valence-corrected chi connectivity index (χ4v) is 5.77. The molecule has 0 bridgehead atoms. The first-order chi connectivity index (χ1) is 19.2. The van der Waals surface area contributed by atoms with Crippen molar-refractivity contribution in [2.75, 3.05) is 34.5 Å². The molecule has 0 saturated carbocycles. The van der Waals surface area contributed by atoms with E-state index in [2.05, 4.69) is 21.2 Å². The maximum atomic E-state index is 14.0. The molecule has 0 spiro atoms. The Balaban J connectivity index is 1.75. The number of carbonyl (C=O) groups excluding carboxylic acids is 2. The number of nitrogens with one attached hydrogen (secondary N) is 1. The normalized spacial score (nSPS) is 18.9. The highest BCUT2D eigenvalue weighted by atomic mass is 79.9. The minimum Gasteiger partial charge on any atom is -0.496 e. The van der Waals surface area contributed by atoms with Crippen LogP contribution < -0.4 is 19.5 Å². The van der Waals surface area contributed by atoms with Gasteiger partial charge in [0.25, 0.3) is 0 Å². The van der Waals surface area contributed by atoms with Gasteiger partial charge in [-0.2, -0.15) is 0 Å². The van der Waals surface area contributed by atoms with Crippen molar-refractivity contribution in [2.45, 2.75) is 51.6 Å². The van der Waals surface area contributed by atoms with Crippen molar-refractivity contribution in [2.24, 2.45) is 0 Å². The van der Waals surface area contributed by atoms with Crippen LogP contribution in [0.4, 0.5) is 0 Å². The van der Waals surface area contributed by atoms with Gasteiger partial charge in [-0.15, -0.1) is 0 Å². The molecule has 1 aliphatic carbocycles. The standard InChI is InChI=1S/C31H36BrNO7/c1-17(2)39-11-12-40-31(35)28-18(3)33-23-13-20(19-7-9-26(37-5)27(15-19)38-6)14-24(34)30(23)29(28)22-16-21(32)8-10-25(22)36-4/h7-10,15-17,20,29,33H,11-14H2,1-6H3. The number of hydrogen-bond donors (Lipinski definition) is 1. The van der Waals surface area contributed by atoms with Crippen LogP contribution in [0, 0.1) is 0 Å². The Labute approximate surface area is 243 Å². The van der Waals surface area contributed by atoms with Crippen LogP contribution in [0.1, 0.15) is 56.6 Å². The molecular weight excluding hydrogens is 578 g/mol. The maximum absolute atomic E-state index is 14.0. The van der Waals surface area contributed by atoms with Crippen LogP contribution in [-0.4, -0.2) is 52.4 Å². The summed E-state index contributed by atoms with van der Waals surface area (Å²) in [5.41, 5.74) is 4.07. The molecule has 40 heavy (non-hydrogen) atoms. The summed E-state index contributed by atoms with van der Waals surface area (Å²) in [5.74, 6) is 0.569. The first kappa shape index (κ1) is 29.7. The van der Waals surface area contributed by atoms with Crippen LogP contribution in [0.25, 0.3) is 0 Å². The predicted octanol–water partition coefficient (Wildman–Crippen LogP) is 5.80. The topological polar surface area (TPSA) is 92.3 Å². The second-order valence-corrected chi connectivity index (χ2v) is 11.0. The second-order valence-electron chi connectivity index (χ2n) is 10.1. The first-order valence-corrected chi connectivity index (χ1v) is 14.1. The van der Waals surface area contributed by atoms with Gasteiger partial charge in [-0.05, 0) is 69.0 Å². The number of hydrogen-bond acceptors (Lipinski definition) is 8. The summed E-state index contributed by atoms with van der Waals surface area (Å²) in [6.07, 6.45) is 0.901. The summed E-state index contributed by atoms with van der Waals surface area (Å²) in [5, 5.41) is 3.39. The molecule has 1 N–H and O–H groups in total. The van der Waals surface area contributed by atoms with Crippen LogP contribution in [0.15, 0.2) is 63.4 Å². The molecule has 2 aliphatic rings. The van der Waals surface area contributed by atoms with E-state index < -0.39 is 11.9 Å². The number of halogens is 1. The zero-order valence-electron chi connectivity index (χ0n) is 23.8. The Morgan fingerprint density at radius 1 is 0.975 bits per heavy atom. The van der Waals surface area contributed by atoms with Crippen molar-refractivity contribution in [3.63, 3.8) is 0 Å². The quantitative estimate of drug-likeness (QED) is 0.265. The Morgan fingerprint density at radius 3 is 2.35 bits per heavy atom. The molecule has 4 rings (SSSR count). The van der Waals surface area contributed by atoms with E-state index in [0.717, 1.165) is 15.7 Å². The number of carbonyl (C=O) groups is 2. The van der Waals surface area contributed by atoms with Gasteiger partial charge in [-0.25, -0.2) is 4.79 Å². The van der Waals surface area contributed by atoms with Crippen LogP contribution >= 0.6 is 15.9 Å². The molecule has 0 radical (unpaired) electrons. The fourth-order valence-electron chi connectivity index (χ4n) is 5.39. The number of benzene rings is 2. The van der Waals surface area contributed by atoms with Crippen molar-refractivity contribution >= 4 is 27.7 Å². The molecule has 2 atom stereocenters. The average Bonchev–Trinajstić information content (AvgIpc) is 2.93. The van der Waals surface area contributed by atoms with E-state index in [4.69, 9.17) is 23.7 Å². The lowest BCUT2D eigenvalue weighted by atomic mass is 9.71. The number of esters is 1. The first-order valence-electron chi connectivity index (χ1n) is 13.3. The number of methoxy groups -OCH3 is 3. The molecule has 214 valence electrons. The van der Waals surface area contributed by atoms with Gasteiger partial charge in [0.2, 0.25) is 0 Å². The lowest BCUT2D eigenvalue weighted by molar-refractivity contribution is -0.141. The molecule has 2 aromatic rings. The Bertz CT molecular complexity index is 1350. The molecule has 8 nitrogen and oxygen atoms in total. The number of Topliss-reactive ketones (excluding diaryl/α,β-unsaturated/α-hetero) is 1. The number of ketones is 1. The lowest BCUT2D eigenvalue weighted by Gasteiger charge is -2.37. The second kappa shape index (κ2) is 12.9. The molecule has 2 unspecified atom stereocenters. The predicted molar refractivity (Wildman–Crippen MR) is 155 cm³/mol. The van der Waals surface area contributed by atoms with Crippen LogP contribution in [0.5, 0.6) is 17.2 Å². The van der Waals surface area contributed by atoms with Gasteiger partial charge in [0.15, 0.2) is 17.3 Å². The molecule has 0 aromatic heterocycles. The van der Waals surface area contributed by atoms with Crippen LogP contribution in [-0.2, 0) is 19.1 Å². The fraction of sp³-hybridized carbons (Fsp3) is 0.419. The highest BCUT2D eigenvalue weighted by molar-refractivity contribution is 9.10. The minimum atomic E-state index is -0.652. The monoisotopic (exact) mass is 613 g/mol. The van der Waals surface area contributed by atoms with E-state index in [1.165, 1.54) is 0 Å². The van der Waals surface area contributed by atoms with E-state index in [1.54, 1.807) is 21.3 Å². The summed E-state index contributed by atoms with van der Waals surface area (Å²) in [4.78, 5) is 27.5. The van der Waals surface area contributed by atoms with Gasteiger partial charge in [0, 0.05) is 33.4 Å². The van der Waals surface area contributed by atoms with Crippen molar-refractivity contribution in [3.05, 3.63) is 74.5 Å². The van der Waals surface area contributed by atoms with Gasteiger partial charge in [-0.1, -0.05) is 22.0 Å². The molecule has 9 heteroatoms. The lowest BCUT2D eigenvalue weighted by Crippen LogP contribution is -2.36. The molecule has 2 aromatic carbocycles. The summed E-state index contributed by atoms with van der Waals surface area (Å²) >= 11 is 3.55. The van der Waals surface area contributed by atoms with Crippen LogP contribution in [0.3, 0.4) is 0 Å². The van der Waals surface area contributed by atoms with Crippen molar-refractivity contribution in [1.29, 1.82) is 0 Å². The van der Waals surface area contributed by atoms with Gasteiger partial charge in [0.1, 0.15) is 12.4 Å². The molecule has 1 heterocycles. The molecule has 0 saturated heterocycles. The van der Waals surface area contributed by atoms with E-state index in [0.29, 0.717) is 46.1 Å². The number of ether oxygens (including phenoxy) is 5. The third-order valence-electron chi connectivity index (χ3n) is 7.20. The van der Waals surface area contributed by atoms with E-state index in [9.17, 15) is 9.59 Å².